The number of rotatable bonds is 5. The molecule has 0 spiro atoms. The van der Waals surface area contributed by atoms with Gasteiger partial charge in [0.1, 0.15) is 5.52 Å². The van der Waals surface area contributed by atoms with Gasteiger partial charge in [0, 0.05) is 18.8 Å². The molecule has 0 radical (unpaired) electrons. The molecule has 0 unspecified atom stereocenters. The fourth-order valence-corrected chi connectivity index (χ4v) is 2.32. The number of nitrogens with one attached hydrogen (secondary N) is 1. The summed E-state index contributed by atoms with van der Waals surface area (Å²) in [6.07, 6.45) is -3.51. The molecule has 3 rings (SSSR count). The minimum atomic E-state index is -4.30. The molecule has 0 saturated heterocycles. The van der Waals surface area contributed by atoms with Crippen LogP contribution in [-0.2, 0) is 12.7 Å². The zero-order valence-corrected chi connectivity index (χ0v) is 12.2. The van der Waals surface area contributed by atoms with Crippen molar-refractivity contribution in [2.24, 2.45) is 0 Å². The highest BCUT2D eigenvalue weighted by atomic mass is 19.4. The van der Waals surface area contributed by atoms with Crippen LogP contribution in [-0.4, -0.2) is 21.5 Å². The fourth-order valence-electron chi connectivity index (χ4n) is 2.32. The molecule has 0 aliphatic rings. The van der Waals surface area contributed by atoms with Crippen LogP contribution < -0.4 is 5.32 Å². The van der Waals surface area contributed by atoms with E-state index in [1.54, 1.807) is 0 Å². The minimum Gasteiger partial charge on any atom is -0.385 e. The van der Waals surface area contributed by atoms with E-state index >= 15 is 0 Å². The summed E-state index contributed by atoms with van der Waals surface area (Å²) < 4.78 is 39.2. The van der Waals surface area contributed by atoms with Crippen molar-refractivity contribution in [1.29, 1.82) is 0 Å². The number of aromatic nitrogens is 3. The summed E-state index contributed by atoms with van der Waals surface area (Å²) in [7, 11) is 0. The van der Waals surface area contributed by atoms with Gasteiger partial charge in [-0.15, -0.1) is 5.10 Å². The van der Waals surface area contributed by atoms with Crippen LogP contribution in [0.5, 0.6) is 0 Å². The second kappa shape index (κ2) is 6.28. The Kier molecular flexibility index (Phi) is 4.18. The number of hydrogen-bond acceptors (Lipinski definition) is 3. The van der Waals surface area contributed by atoms with Crippen LogP contribution in [0, 0.1) is 0 Å². The molecule has 23 heavy (non-hydrogen) atoms. The zero-order chi connectivity index (χ0) is 16.3. The van der Waals surface area contributed by atoms with Gasteiger partial charge in [-0.2, -0.15) is 13.2 Å². The van der Waals surface area contributed by atoms with Crippen molar-refractivity contribution in [3.05, 3.63) is 54.1 Å². The van der Waals surface area contributed by atoms with Gasteiger partial charge in [0.25, 0.3) is 0 Å². The summed E-state index contributed by atoms with van der Waals surface area (Å²) >= 11 is 0. The van der Waals surface area contributed by atoms with Gasteiger partial charge < -0.3 is 5.32 Å². The third-order valence-electron chi connectivity index (χ3n) is 3.51. The van der Waals surface area contributed by atoms with E-state index in [0.717, 1.165) is 29.6 Å². The lowest BCUT2D eigenvalue weighted by atomic mass is 10.2. The maximum absolute atomic E-state index is 12.5. The maximum atomic E-state index is 12.5. The molecular weight excluding hydrogens is 305 g/mol. The Labute approximate surface area is 130 Å². The number of anilines is 1. The maximum Gasteiger partial charge on any atom is 0.416 e. The van der Waals surface area contributed by atoms with E-state index in [1.165, 1.54) is 12.1 Å². The van der Waals surface area contributed by atoms with Crippen LogP contribution >= 0.6 is 0 Å². The average Bonchev–Trinajstić information content (AvgIpc) is 2.94. The van der Waals surface area contributed by atoms with E-state index in [2.05, 4.69) is 15.6 Å². The van der Waals surface area contributed by atoms with Crippen LogP contribution in [0.1, 0.15) is 12.0 Å². The largest absolute Gasteiger partial charge is 0.416 e. The van der Waals surface area contributed by atoms with E-state index in [1.807, 2.05) is 28.9 Å². The summed E-state index contributed by atoms with van der Waals surface area (Å²) in [4.78, 5) is 0. The topological polar surface area (TPSA) is 42.7 Å². The van der Waals surface area contributed by atoms with Crippen LogP contribution in [0.3, 0.4) is 0 Å². The van der Waals surface area contributed by atoms with Crippen molar-refractivity contribution in [2.45, 2.75) is 19.1 Å². The molecule has 0 saturated carbocycles. The van der Waals surface area contributed by atoms with Gasteiger partial charge in [-0.1, -0.05) is 17.3 Å². The van der Waals surface area contributed by atoms with Gasteiger partial charge in [0.2, 0.25) is 0 Å². The number of fused-ring (bicyclic) bond motifs is 1. The Morgan fingerprint density at radius 3 is 2.48 bits per heavy atom. The second-order valence-electron chi connectivity index (χ2n) is 5.16. The molecular formula is C16H15F3N4. The Morgan fingerprint density at radius 1 is 1.00 bits per heavy atom. The Morgan fingerprint density at radius 2 is 1.74 bits per heavy atom. The second-order valence-corrected chi connectivity index (χ2v) is 5.16. The minimum absolute atomic E-state index is 0.638. The lowest BCUT2D eigenvalue weighted by molar-refractivity contribution is -0.137. The number of para-hydroxylation sites is 1. The molecule has 1 aromatic heterocycles. The molecule has 1 N–H and O–H groups in total. The van der Waals surface area contributed by atoms with Gasteiger partial charge in [0.05, 0.1) is 11.1 Å². The molecule has 0 aliphatic carbocycles. The Balaban J connectivity index is 1.52. The summed E-state index contributed by atoms with van der Waals surface area (Å²) in [6, 6.07) is 12.7. The van der Waals surface area contributed by atoms with Crippen LogP contribution in [0.15, 0.2) is 48.5 Å². The molecule has 0 fully saturated rings. The highest BCUT2D eigenvalue weighted by Crippen LogP contribution is 2.29. The predicted molar refractivity (Wildman–Crippen MR) is 82.1 cm³/mol. The summed E-state index contributed by atoms with van der Waals surface area (Å²) in [5.41, 5.74) is 1.85. The molecule has 1 heterocycles. The van der Waals surface area contributed by atoms with Gasteiger partial charge in [0.15, 0.2) is 0 Å². The van der Waals surface area contributed by atoms with Gasteiger partial charge >= 0.3 is 6.18 Å². The fraction of sp³-hybridized carbons (Fsp3) is 0.250. The molecule has 7 heteroatoms. The number of hydrogen-bond donors (Lipinski definition) is 1. The number of nitrogens with zero attached hydrogens (tertiary/aromatic N) is 3. The van der Waals surface area contributed by atoms with E-state index in [4.69, 9.17) is 0 Å². The highest BCUT2D eigenvalue weighted by Gasteiger charge is 2.29. The van der Waals surface area contributed by atoms with Gasteiger partial charge in [-0.25, -0.2) is 4.68 Å². The monoisotopic (exact) mass is 320 g/mol. The smallest absolute Gasteiger partial charge is 0.385 e. The summed E-state index contributed by atoms with van der Waals surface area (Å²) in [5.74, 6) is 0. The Bertz CT molecular complexity index is 778. The third-order valence-corrected chi connectivity index (χ3v) is 3.51. The molecule has 4 nitrogen and oxygen atoms in total. The molecule has 0 bridgehead atoms. The van der Waals surface area contributed by atoms with Crippen molar-refractivity contribution < 1.29 is 13.2 Å². The van der Waals surface area contributed by atoms with Crippen molar-refractivity contribution >= 4 is 16.7 Å². The van der Waals surface area contributed by atoms with Crippen molar-refractivity contribution in [1.82, 2.24) is 15.0 Å². The quantitative estimate of drug-likeness (QED) is 0.724. The Hall–Kier alpha value is -2.57. The summed E-state index contributed by atoms with van der Waals surface area (Å²) in [6.45, 7) is 1.33. The number of alkyl halides is 3. The van der Waals surface area contributed by atoms with Gasteiger partial charge in [-0.05, 0) is 42.8 Å². The van der Waals surface area contributed by atoms with Crippen molar-refractivity contribution in [2.75, 3.05) is 11.9 Å². The van der Waals surface area contributed by atoms with E-state index in [-0.39, 0.29) is 0 Å². The van der Waals surface area contributed by atoms with E-state index in [9.17, 15) is 13.2 Å². The molecule has 0 atom stereocenters. The molecule has 2 aromatic carbocycles. The first-order valence-electron chi connectivity index (χ1n) is 7.23. The van der Waals surface area contributed by atoms with Crippen molar-refractivity contribution in [3.63, 3.8) is 0 Å². The number of aryl methyl sites for hydroxylation is 1. The number of halogens is 3. The van der Waals surface area contributed by atoms with Crippen LogP contribution in [0.25, 0.3) is 11.0 Å². The SMILES string of the molecule is FC(F)(F)c1ccc(NCCCn2nnc3ccccc32)cc1. The molecule has 120 valence electrons. The normalized spacial score (nSPS) is 11.8. The molecule has 3 aromatic rings. The first kappa shape index (κ1) is 15.3. The first-order chi connectivity index (χ1) is 11.0. The summed E-state index contributed by atoms with van der Waals surface area (Å²) in [5, 5.41) is 11.3. The van der Waals surface area contributed by atoms with E-state index in [0.29, 0.717) is 18.8 Å². The lowest BCUT2D eigenvalue weighted by Crippen LogP contribution is -2.08. The first-order valence-corrected chi connectivity index (χ1v) is 7.23. The third kappa shape index (κ3) is 3.61. The molecule has 0 aliphatic heterocycles. The standard InChI is InChI=1S/C16H15F3N4/c17-16(18,19)12-6-8-13(9-7-12)20-10-3-11-23-15-5-2-1-4-14(15)21-22-23/h1-2,4-9,20H,3,10-11H2. The number of benzene rings is 2. The molecule has 0 amide bonds. The highest BCUT2D eigenvalue weighted by molar-refractivity contribution is 5.73. The van der Waals surface area contributed by atoms with Crippen LogP contribution in [0.2, 0.25) is 0 Å². The van der Waals surface area contributed by atoms with Crippen molar-refractivity contribution in [3.8, 4) is 0 Å². The predicted octanol–water partition coefficient (Wildman–Crippen LogP) is 3.95. The van der Waals surface area contributed by atoms with Gasteiger partial charge in [-0.3, -0.25) is 0 Å². The van der Waals surface area contributed by atoms with E-state index < -0.39 is 11.7 Å². The van der Waals surface area contributed by atoms with Crippen LogP contribution in [0.4, 0.5) is 18.9 Å². The average molecular weight is 320 g/mol. The zero-order valence-electron chi connectivity index (χ0n) is 12.2. The lowest BCUT2D eigenvalue weighted by Gasteiger charge is -2.09.